The number of benzene rings is 2. The summed E-state index contributed by atoms with van der Waals surface area (Å²) in [5, 5.41) is 14.5. The predicted molar refractivity (Wildman–Crippen MR) is 109 cm³/mol. The maximum atomic E-state index is 13.1. The standard InChI is InChI=1S/C22H17NO6S/c1-28-14-10-8-13(9-11-14)19(24)23-22(20(25)26)18(17-7-4-12-30-17)15-5-2-3-6-16(15)29-21(22)27/h2-12,18H,1H3,(H,23,24)(H,25,26)/t18-,22+/m0/s1. The third-order valence-corrected chi connectivity index (χ3v) is 5.95. The average molecular weight is 423 g/mol. The highest BCUT2D eigenvalue weighted by Crippen LogP contribution is 2.46. The molecule has 8 heteroatoms. The smallest absolute Gasteiger partial charge is 0.350 e. The normalized spacial score (nSPS) is 20.0. The Morgan fingerprint density at radius 2 is 1.83 bits per heavy atom. The molecule has 2 N–H and O–H groups in total. The van der Waals surface area contributed by atoms with E-state index in [9.17, 15) is 19.5 Å². The van der Waals surface area contributed by atoms with E-state index in [2.05, 4.69) is 5.32 Å². The number of carboxylic acids is 1. The largest absolute Gasteiger partial charge is 0.497 e. The highest BCUT2D eigenvalue weighted by atomic mass is 32.1. The van der Waals surface area contributed by atoms with Crippen molar-refractivity contribution in [3.05, 3.63) is 82.0 Å². The van der Waals surface area contributed by atoms with Gasteiger partial charge >= 0.3 is 11.9 Å². The lowest BCUT2D eigenvalue weighted by molar-refractivity contribution is -0.159. The van der Waals surface area contributed by atoms with Crippen LogP contribution in [0.5, 0.6) is 11.5 Å². The predicted octanol–water partition coefficient (Wildman–Crippen LogP) is 3.06. The highest BCUT2D eigenvalue weighted by Gasteiger charge is 2.60. The van der Waals surface area contributed by atoms with Crippen molar-refractivity contribution in [3.63, 3.8) is 0 Å². The molecule has 2 atom stereocenters. The van der Waals surface area contributed by atoms with Crippen molar-refractivity contribution in [1.82, 2.24) is 5.32 Å². The molecule has 0 unspecified atom stereocenters. The second kappa shape index (κ2) is 7.64. The van der Waals surface area contributed by atoms with E-state index in [-0.39, 0.29) is 11.3 Å². The Morgan fingerprint density at radius 1 is 1.10 bits per heavy atom. The summed E-state index contributed by atoms with van der Waals surface area (Å²) in [6.45, 7) is 0. The molecule has 0 saturated heterocycles. The summed E-state index contributed by atoms with van der Waals surface area (Å²) < 4.78 is 10.4. The maximum absolute atomic E-state index is 13.1. The first-order valence-corrected chi connectivity index (χ1v) is 9.90. The van der Waals surface area contributed by atoms with Gasteiger partial charge in [-0.05, 0) is 41.8 Å². The summed E-state index contributed by atoms with van der Waals surface area (Å²) in [7, 11) is 1.50. The Hall–Kier alpha value is -3.65. The van der Waals surface area contributed by atoms with Gasteiger partial charge in [0.1, 0.15) is 11.5 Å². The monoisotopic (exact) mass is 423 g/mol. The number of hydrogen-bond acceptors (Lipinski definition) is 6. The van der Waals surface area contributed by atoms with Crippen molar-refractivity contribution in [2.24, 2.45) is 0 Å². The fourth-order valence-electron chi connectivity index (χ4n) is 3.55. The van der Waals surface area contributed by atoms with Crippen molar-refractivity contribution >= 4 is 29.2 Å². The number of thiophene rings is 1. The molecule has 0 saturated carbocycles. The van der Waals surface area contributed by atoms with E-state index >= 15 is 0 Å². The number of carbonyl (C=O) groups is 3. The Labute approximate surface area is 175 Å². The summed E-state index contributed by atoms with van der Waals surface area (Å²) in [6, 6.07) is 16.4. The van der Waals surface area contributed by atoms with Gasteiger partial charge in [-0.3, -0.25) is 4.79 Å². The number of aliphatic carboxylic acids is 1. The molecule has 1 aliphatic rings. The fourth-order valence-corrected chi connectivity index (χ4v) is 4.46. The number of amides is 1. The zero-order valence-electron chi connectivity index (χ0n) is 15.8. The van der Waals surface area contributed by atoms with Gasteiger partial charge in [0, 0.05) is 16.0 Å². The van der Waals surface area contributed by atoms with Gasteiger partial charge in [-0.25, -0.2) is 9.59 Å². The molecule has 30 heavy (non-hydrogen) atoms. The van der Waals surface area contributed by atoms with Crippen molar-refractivity contribution in [3.8, 4) is 11.5 Å². The van der Waals surface area contributed by atoms with Gasteiger partial charge in [0.15, 0.2) is 0 Å². The van der Waals surface area contributed by atoms with Crippen LogP contribution in [0.15, 0.2) is 66.0 Å². The van der Waals surface area contributed by atoms with E-state index in [0.717, 1.165) is 0 Å². The number of ether oxygens (including phenoxy) is 2. The van der Waals surface area contributed by atoms with Gasteiger partial charge in [0.05, 0.1) is 13.0 Å². The summed E-state index contributed by atoms with van der Waals surface area (Å²) in [6.07, 6.45) is 0. The van der Waals surface area contributed by atoms with Gasteiger partial charge < -0.3 is 19.9 Å². The summed E-state index contributed by atoms with van der Waals surface area (Å²) >= 11 is 1.30. The lowest BCUT2D eigenvalue weighted by Gasteiger charge is -2.39. The van der Waals surface area contributed by atoms with Crippen molar-refractivity contribution in [1.29, 1.82) is 0 Å². The number of methoxy groups -OCH3 is 1. The maximum Gasteiger partial charge on any atom is 0.350 e. The molecular formula is C22H17NO6S. The van der Waals surface area contributed by atoms with E-state index < -0.39 is 29.3 Å². The molecule has 1 aliphatic heterocycles. The van der Waals surface area contributed by atoms with Gasteiger partial charge in [-0.2, -0.15) is 0 Å². The van der Waals surface area contributed by atoms with E-state index in [1.807, 2.05) is 0 Å². The van der Waals surface area contributed by atoms with Crippen molar-refractivity contribution in [2.75, 3.05) is 7.11 Å². The first-order valence-electron chi connectivity index (χ1n) is 9.02. The van der Waals surface area contributed by atoms with Crippen LogP contribution in [0, 0.1) is 0 Å². The van der Waals surface area contributed by atoms with Gasteiger partial charge in [-0.15, -0.1) is 11.3 Å². The Balaban J connectivity index is 1.84. The molecule has 0 bridgehead atoms. The number of rotatable bonds is 5. The molecule has 4 rings (SSSR count). The third-order valence-electron chi connectivity index (χ3n) is 5.02. The summed E-state index contributed by atoms with van der Waals surface area (Å²) in [4.78, 5) is 39.2. The molecule has 2 aromatic carbocycles. The topological polar surface area (TPSA) is 102 Å². The Morgan fingerprint density at radius 3 is 2.47 bits per heavy atom. The number of esters is 1. The van der Waals surface area contributed by atoms with Crippen molar-refractivity contribution < 1.29 is 29.0 Å². The van der Waals surface area contributed by atoms with E-state index in [4.69, 9.17) is 9.47 Å². The fraction of sp³-hybridized carbons (Fsp3) is 0.136. The average Bonchev–Trinajstić information content (AvgIpc) is 3.28. The Bertz CT molecular complexity index is 1110. The number of carboxylic acid groups (broad SMARTS) is 1. The van der Waals surface area contributed by atoms with E-state index in [1.54, 1.807) is 53.9 Å². The quantitative estimate of drug-likeness (QED) is 0.372. The first-order chi connectivity index (χ1) is 14.5. The number of para-hydroxylation sites is 1. The third kappa shape index (κ3) is 3.11. The van der Waals surface area contributed by atoms with Crippen LogP contribution >= 0.6 is 11.3 Å². The van der Waals surface area contributed by atoms with E-state index in [0.29, 0.717) is 16.2 Å². The minimum atomic E-state index is -2.32. The molecule has 0 spiro atoms. The first kappa shape index (κ1) is 19.7. The number of carbonyl (C=O) groups excluding carboxylic acids is 2. The molecule has 0 aliphatic carbocycles. The van der Waals surface area contributed by atoms with Gasteiger partial charge in [0.2, 0.25) is 5.54 Å². The highest BCUT2D eigenvalue weighted by molar-refractivity contribution is 7.10. The molecule has 0 radical (unpaired) electrons. The van der Waals surface area contributed by atoms with Crippen LogP contribution in [-0.2, 0) is 9.59 Å². The minimum Gasteiger partial charge on any atom is -0.497 e. The second-order valence-corrected chi connectivity index (χ2v) is 7.65. The molecule has 2 heterocycles. The second-order valence-electron chi connectivity index (χ2n) is 6.67. The molecular weight excluding hydrogens is 406 g/mol. The summed E-state index contributed by atoms with van der Waals surface area (Å²) in [5.41, 5.74) is -1.62. The van der Waals surface area contributed by atoms with Crippen LogP contribution in [-0.4, -0.2) is 35.6 Å². The zero-order valence-corrected chi connectivity index (χ0v) is 16.6. The minimum absolute atomic E-state index is 0.188. The number of hydrogen-bond donors (Lipinski definition) is 2. The molecule has 1 amide bonds. The van der Waals surface area contributed by atoms with Crippen molar-refractivity contribution in [2.45, 2.75) is 11.5 Å². The summed E-state index contributed by atoms with van der Waals surface area (Å²) in [5.74, 6) is -3.39. The Kier molecular flexibility index (Phi) is 5.01. The van der Waals surface area contributed by atoms with Gasteiger partial charge in [-0.1, -0.05) is 24.3 Å². The lowest BCUT2D eigenvalue weighted by atomic mass is 9.75. The number of nitrogens with one attached hydrogen (secondary N) is 1. The lowest BCUT2D eigenvalue weighted by Crippen LogP contribution is -2.66. The van der Waals surface area contributed by atoms with Crippen LogP contribution in [0.4, 0.5) is 0 Å². The SMILES string of the molecule is COc1ccc(C(=O)N[C@]2(C(=O)O)C(=O)Oc3ccccc3[C@H]2c2cccs2)cc1. The zero-order chi connectivity index (χ0) is 21.3. The van der Waals surface area contributed by atoms with Crippen LogP contribution in [0.1, 0.15) is 26.7 Å². The van der Waals surface area contributed by atoms with Crippen LogP contribution < -0.4 is 14.8 Å². The molecule has 0 fully saturated rings. The van der Waals surface area contributed by atoms with Crippen LogP contribution in [0.2, 0.25) is 0 Å². The molecule has 1 aromatic heterocycles. The molecule has 3 aromatic rings. The number of fused-ring (bicyclic) bond motifs is 1. The van der Waals surface area contributed by atoms with Crippen LogP contribution in [0.25, 0.3) is 0 Å². The van der Waals surface area contributed by atoms with E-state index in [1.165, 1.54) is 30.6 Å². The molecule has 152 valence electrons. The van der Waals surface area contributed by atoms with Crippen LogP contribution in [0.3, 0.4) is 0 Å². The molecule has 7 nitrogen and oxygen atoms in total. The van der Waals surface area contributed by atoms with Gasteiger partial charge in [0.25, 0.3) is 5.91 Å².